The Bertz CT molecular complexity index is 567. The summed E-state index contributed by atoms with van der Waals surface area (Å²) in [7, 11) is 3.98. The number of aryl methyl sites for hydroxylation is 1. The van der Waals surface area contributed by atoms with Gasteiger partial charge in [0.25, 0.3) is 0 Å². The van der Waals surface area contributed by atoms with E-state index in [9.17, 15) is 0 Å². The normalized spacial score (nSPS) is 11.7. The van der Waals surface area contributed by atoms with E-state index >= 15 is 0 Å². The van der Waals surface area contributed by atoms with Gasteiger partial charge < -0.3 is 14.8 Å². The summed E-state index contributed by atoms with van der Waals surface area (Å²) in [6.07, 6.45) is 3.74. The van der Waals surface area contributed by atoms with E-state index in [4.69, 9.17) is 0 Å². The molecule has 2 rings (SSSR count). The van der Waals surface area contributed by atoms with Crippen LogP contribution in [0.4, 0.5) is 5.82 Å². The Hall–Kier alpha value is -1.95. The van der Waals surface area contributed by atoms with Crippen molar-refractivity contribution in [1.29, 1.82) is 0 Å². The molecule has 0 aliphatic rings. The zero-order valence-electron chi connectivity index (χ0n) is 13.5. The molecule has 0 radical (unpaired) electrons. The molecule has 0 amide bonds. The molecule has 0 aliphatic carbocycles. The van der Waals surface area contributed by atoms with Gasteiger partial charge in [0.1, 0.15) is 5.82 Å². The van der Waals surface area contributed by atoms with Gasteiger partial charge in [-0.1, -0.05) is 0 Å². The van der Waals surface area contributed by atoms with Crippen LogP contribution < -0.4 is 10.2 Å². The summed E-state index contributed by atoms with van der Waals surface area (Å²) in [5, 5.41) is 12.0. The molecule has 0 aromatic carbocycles. The first-order valence-corrected chi connectivity index (χ1v) is 7.10. The van der Waals surface area contributed by atoms with Gasteiger partial charge in [-0.05, 0) is 32.9 Å². The van der Waals surface area contributed by atoms with E-state index < -0.39 is 0 Å². The van der Waals surface area contributed by atoms with Gasteiger partial charge in [0, 0.05) is 38.6 Å². The van der Waals surface area contributed by atoms with E-state index in [2.05, 4.69) is 41.3 Å². The highest BCUT2D eigenvalue weighted by Gasteiger charge is 2.10. The lowest BCUT2D eigenvalue weighted by Crippen LogP contribution is -2.35. The molecule has 0 atom stereocenters. The van der Waals surface area contributed by atoms with Crippen molar-refractivity contribution in [3.05, 3.63) is 36.0 Å². The van der Waals surface area contributed by atoms with Crippen LogP contribution in [0.15, 0.2) is 24.5 Å². The Morgan fingerprint density at radius 1 is 1.24 bits per heavy atom. The molecule has 6 heteroatoms. The summed E-state index contributed by atoms with van der Waals surface area (Å²) >= 11 is 0. The number of nitrogens with zero attached hydrogens (tertiary/aromatic N) is 5. The van der Waals surface area contributed by atoms with Gasteiger partial charge in [0.15, 0.2) is 5.82 Å². The topological polar surface area (TPSA) is 58.9 Å². The standard InChI is InChI=1S/C15H24N6/c1-15(2,3)17-10-12-6-7-13(19-18-12)21(5)11-14-16-8-9-20(14)4/h6-9,17H,10-11H2,1-5H3. The fourth-order valence-electron chi connectivity index (χ4n) is 1.85. The summed E-state index contributed by atoms with van der Waals surface area (Å²) < 4.78 is 2.01. The SMILES string of the molecule is CN(Cc1nccn1C)c1ccc(CNC(C)(C)C)nn1. The van der Waals surface area contributed by atoms with Crippen molar-refractivity contribution >= 4 is 5.82 Å². The lowest BCUT2D eigenvalue weighted by Gasteiger charge is -2.20. The van der Waals surface area contributed by atoms with E-state index in [1.165, 1.54) is 0 Å². The quantitative estimate of drug-likeness (QED) is 0.908. The molecule has 0 saturated carbocycles. The van der Waals surface area contributed by atoms with Gasteiger partial charge >= 0.3 is 0 Å². The van der Waals surface area contributed by atoms with Gasteiger partial charge in [0.2, 0.25) is 0 Å². The summed E-state index contributed by atoms with van der Waals surface area (Å²) in [5.74, 6) is 1.84. The molecule has 21 heavy (non-hydrogen) atoms. The number of anilines is 1. The predicted octanol–water partition coefficient (Wildman–Crippen LogP) is 1.73. The molecular formula is C15H24N6. The zero-order valence-corrected chi connectivity index (χ0v) is 13.5. The Kier molecular flexibility index (Phi) is 4.57. The van der Waals surface area contributed by atoms with Crippen LogP contribution in [0.3, 0.4) is 0 Å². The summed E-state index contributed by atoms with van der Waals surface area (Å²) in [4.78, 5) is 6.36. The monoisotopic (exact) mass is 288 g/mol. The first-order valence-electron chi connectivity index (χ1n) is 7.10. The molecule has 0 bridgehead atoms. The second-order valence-corrected chi connectivity index (χ2v) is 6.30. The van der Waals surface area contributed by atoms with Crippen LogP contribution >= 0.6 is 0 Å². The highest BCUT2D eigenvalue weighted by molar-refractivity contribution is 5.36. The molecule has 0 fully saturated rings. The molecular weight excluding hydrogens is 264 g/mol. The van der Waals surface area contributed by atoms with Gasteiger partial charge in [-0.25, -0.2) is 4.98 Å². The van der Waals surface area contributed by atoms with Crippen molar-refractivity contribution in [2.75, 3.05) is 11.9 Å². The molecule has 1 N–H and O–H groups in total. The second-order valence-electron chi connectivity index (χ2n) is 6.30. The minimum atomic E-state index is 0.0787. The molecule has 0 unspecified atom stereocenters. The average Bonchev–Trinajstić information content (AvgIpc) is 2.82. The lowest BCUT2D eigenvalue weighted by molar-refractivity contribution is 0.420. The third kappa shape index (κ3) is 4.53. The minimum Gasteiger partial charge on any atom is -0.351 e. The zero-order chi connectivity index (χ0) is 15.5. The van der Waals surface area contributed by atoms with Crippen molar-refractivity contribution in [2.45, 2.75) is 39.4 Å². The van der Waals surface area contributed by atoms with E-state index in [0.717, 1.165) is 23.9 Å². The Labute approximate surface area is 126 Å². The largest absolute Gasteiger partial charge is 0.351 e. The van der Waals surface area contributed by atoms with E-state index in [1.54, 1.807) is 6.20 Å². The molecule has 0 aliphatic heterocycles. The van der Waals surface area contributed by atoms with Crippen LogP contribution in [0.2, 0.25) is 0 Å². The fraction of sp³-hybridized carbons (Fsp3) is 0.533. The number of aromatic nitrogens is 4. The number of rotatable bonds is 5. The van der Waals surface area contributed by atoms with Crippen LogP contribution in [-0.4, -0.2) is 32.3 Å². The maximum absolute atomic E-state index is 4.32. The molecule has 114 valence electrons. The van der Waals surface area contributed by atoms with E-state index in [-0.39, 0.29) is 5.54 Å². The van der Waals surface area contributed by atoms with Crippen molar-refractivity contribution in [3.8, 4) is 0 Å². The lowest BCUT2D eigenvalue weighted by atomic mass is 10.1. The fourth-order valence-corrected chi connectivity index (χ4v) is 1.85. The molecule has 2 aromatic rings. The molecule has 0 spiro atoms. The van der Waals surface area contributed by atoms with Crippen molar-refractivity contribution < 1.29 is 0 Å². The van der Waals surface area contributed by atoms with Crippen molar-refractivity contribution in [3.63, 3.8) is 0 Å². The highest BCUT2D eigenvalue weighted by atomic mass is 15.3. The van der Waals surface area contributed by atoms with Crippen LogP contribution in [0.25, 0.3) is 0 Å². The average molecular weight is 288 g/mol. The van der Waals surface area contributed by atoms with Gasteiger partial charge in [-0.3, -0.25) is 0 Å². The smallest absolute Gasteiger partial charge is 0.151 e. The summed E-state index contributed by atoms with van der Waals surface area (Å²) in [6.45, 7) is 7.83. The summed E-state index contributed by atoms with van der Waals surface area (Å²) in [6, 6.07) is 4.01. The molecule has 6 nitrogen and oxygen atoms in total. The van der Waals surface area contributed by atoms with Gasteiger partial charge in [-0.15, -0.1) is 5.10 Å². The Morgan fingerprint density at radius 3 is 2.52 bits per heavy atom. The molecule has 0 saturated heterocycles. The minimum absolute atomic E-state index is 0.0787. The number of imidazole rings is 1. The maximum Gasteiger partial charge on any atom is 0.151 e. The Balaban J connectivity index is 1.96. The predicted molar refractivity (Wildman–Crippen MR) is 83.9 cm³/mol. The van der Waals surface area contributed by atoms with E-state index in [0.29, 0.717) is 6.54 Å². The third-order valence-corrected chi connectivity index (χ3v) is 3.20. The highest BCUT2D eigenvalue weighted by Crippen LogP contribution is 2.11. The van der Waals surface area contributed by atoms with Crippen LogP contribution in [-0.2, 0) is 20.1 Å². The number of hydrogen-bond acceptors (Lipinski definition) is 5. The first kappa shape index (κ1) is 15.4. The molecule has 2 heterocycles. The second kappa shape index (κ2) is 6.22. The first-order chi connectivity index (χ1) is 9.85. The third-order valence-electron chi connectivity index (χ3n) is 3.20. The van der Waals surface area contributed by atoms with Gasteiger partial charge in [0.05, 0.1) is 12.2 Å². The van der Waals surface area contributed by atoms with Crippen LogP contribution in [0.1, 0.15) is 32.3 Å². The Morgan fingerprint density at radius 2 is 2.00 bits per heavy atom. The summed E-state index contributed by atoms with van der Waals surface area (Å²) in [5.41, 5.74) is 1.02. The maximum atomic E-state index is 4.32. The number of hydrogen-bond donors (Lipinski definition) is 1. The van der Waals surface area contributed by atoms with Crippen molar-refractivity contribution in [2.24, 2.45) is 7.05 Å². The van der Waals surface area contributed by atoms with E-state index in [1.807, 2.05) is 41.9 Å². The van der Waals surface area contributed by atoms with Crippen LogP contribution in [0, 0.1) is 0 Å². The molecule has 2 aromatic heterocycles. The number of nitrogens with one attached hydrogen (secondary N) is 1. The van der Waals surface area contributed by atoms with Crippen LogP contribution in [0.5, 0.6) is 0 Å². The van der Waals surface area contributed by atoms with Gasteiger partial charge in [-0.2, -0.15) is 5.10 Å². The van der Waals surface area contributed by atoms with Crippen molar-refractivity contribution in [1.82, 2.24) is 25.1 Å².